The van der Waals surface area contributed by atoms with Crippen LogP contribution in [0.1, 0.15) is 20.8 Å². The Bertz CT molecular complexity index is 1240. The number of carbonyl (C=O) groups is 1. The van der Waals surface area contributed by atoms with Crippen LogP contribution in [0.2, 0.25) is 0 Å². The summed E-state index contributed by atoms with van der Waals surface area (Å²) in [5, 5.41) is 7.30. The number of rotatable bonds is 7. The summed E-state index contributed by atoms with van der Waals surface area (Å²) in [5.41, 5.74) is 8.77. The molecule has 11 heteroatoms. The zero-order valence-corrected chi connectivity index (χ0v) is 22.6. The first-order valence-corrected chi connectivity index (χ1v) is 12.5. The van der Waals surface area contributed by atoms with Crippen molar-refractivity contribution < 1.29 is 14.3 Å². The fraction of sp³-hybridized carbons (Fsp3) is 0.500. The minimum Gasteiger partial charge on any atom is -0.495 e. The van der Waals surface area contributed by atoms with Crippen molar-refractivity contribution in [1.29, 1.82) is 0 Å². The predicted octanol–water partition coefficient (Wildman–Crippen LogP) is 3.02. The number of amides is 1. The molecule has 1 fully saturated rings. The molecule has 1 saturated heterocycles. The van der Waals surface area contributed by atoms with E-state index in [1.165, 1.54) is 6.33 Å². The minimum atomic E-state index is -0.603. The Morgan fingerprint density at radius 3 is 2.54 bits per heavy atom. The summed E-state index contributed by atoms with van der Waals surface area (Å²) in [7, 11) is 5.77. The van der Waals surface area contributed by atoms with Crippen LogP contribution in [-0.4, -0.2) is 96.6 Å². The average Bonchev–Trinajstić information content (AvgIpc) is 3.23. The largest absolute Gasteiger partial charge is 0.495 e. The van der Waals surface area contributed by atoms with Crippen LogP contribution in [0.3, 0.4) is 0 Å². The van der Waals surface area contributed by atoms with Crippen LogP contribution in [0.4, 0.5) is 22.1 Å². The van der Waals surface area contributed by atoms with E-state index >= 15 is 0 Å². The van der Waals surface area contributed by atoms with Gasteiger partial charge in [0.05, 0.1) is 12.8 Å². The molecule has 2 aromatic heterocycles. The average molecular weight is 511 g/mol. The van der Waals surface area contributed by atoms with Crippen LogP contribution in [0.15, 0.2) is 30.6 Å². The maximum Gasteiger partial charge on any atom is 0.412 e. The highest BCUT2D eigenvalue weighted by Crippen LogP contribution is 2.38. The van der Waals surface area contributed by atoms with Gasteiger partial charge in [0.2, 0.25) is 0 Å². The summed E-state index contributed by atoms with van der Waals surface area (Å²) in [5.74, 6) is 1.88. The molecule has 200 valence electrons. The van der Waals surface area contributed by atoms with Gasteiger partial charge < -0.3 is 25.0 Å². The second-order valence-electron chi connectivity index (χ2n) is 10.5. The molecule has 0 bridgehead atoms. The number of anilines is 3. The molecule has 1 amide bonds. The molecule has 37 heavy (non-hydrogen) atoms. The third-order valence-corrected chi connectivity index (χ3v) is 6.27. The van der Waals surface area contributed by atoms with Crippen molar-refractivity contribution >= 4 is 28.9 Å². The number of fused-ring (bicyclic) bond motifs is 1. The number of ether oxygens (including phenoxy) is 2. The van der Waals surface area contributed by atoms with E-state index in [1.807, 2.05) is 37.4 Å². The highest BCUT2D eigenvalue weighted by Gasteiger charge is 2.24. The lowest BCUT2D eigenvalue weighted by molar-refractivity contribution is 0.0635. The Balaban J connectivity index is 1.62. The van der Waals surface area contributed by atoms with Gasteiger partial charge in [-0.25, -0.2) is 14.3 Å². The number of carbonyl (C=O) groups excluding carboxylic acids is 1. The van der Waals surface area contributed by atoms with Crippen molar-refractivity contribution in [1.82, 2.24) is 24.4 Å². The van der Waals surface area contributed by atoms with E-state index in [-0.39, 0.29) is 0 Å². The number of hydrogen-bond acceptors (Lipinski definition) is 9. The molecule has 1 aromatic carbocycles. The standard InChI is InChI=1S/C26H38N8O3/c1-26(2,3)37-25(35)30-20-8-7-18(15-21(20)36-6)19-16-22(34-23(19)24(27)28-17-29-34)33-13-11-32(12-14-33)10-9-31(4)5/h7-8,15-17H,9-14H2,1-6H3,(H,30,35)(H2,27,28,29). The third kappa shape index (κ3) is 6.23. The molecule has 4 rings (SSSR count). The van der Waals surface area contributed by atoms with Crippen LogP contribution < -0.4 is 20.7 Å². The van der Waals surface area contributed by atoms with E-state index in [2.05, 4.69) is 50.3 Å². The van der Waals surface area contributed by atoms with Crippen molar-refractivity contribution in [2.45, 2.75) is 26.4 Å². The Morgan fingerprint density at radius 2 is 1.89 bits per heavy atom. The third-order valence-electron chi connectivity index (χ3n) is 6.27. The summed E-state index contributed by atoms with van der Waals surface area (Å²) in [6, 6.07) is 7.69. The van der Waals surface area contributed by atoms with Crippen molar-refractivity contribution in [3.63, 3.8) is 0 Å². The first-order chi connectivity index (χ1) is 17.6. The minimum absolute atomic E-state index is 0.399. The maximum absolute atomic E-state index is 12.3. The van der Waals surface area contributed by atoms with E-state index in [9.17, 15) is 4.79 Å². The first-order valence-electron chi connectivity index (χ1n) is 12.5. The number of nitrogens with one attached hydrogen (secondary N) is 1. The number of likely N-dealkylation sites (N-methyl/N-ethyl adjacent to an activating group) is 1. The fourth-order valence-electron chi connectivity index (χ4n) is 4.41. The van der Waals surface area contributed by atoms with E-state index in [1.54, 1.807) is 13.2 Å². The Kier molecular flexibility index (Phi) is 7.74. The number of aromatic nitrogens is 3. The van der Waals surface area contributed by atoms with Crippen LogP contribution in [-0.2, 0) is 4.74 Å². The van der Waals surface area contributed by atoms with Gasteiger partial charge >= 0.3 is 6.09 Å². The van der Waals surface area contributed by atoms with E-state index < -0.39 is 11.7 Å². The van der Waals surface area contributed by atoms with Crippen LogP contribution in [0, 0.1) is 0 Å². The molecule has 0 unspecified atom stereocenters. The number of methoxy groups -OCH3 is 1. The molecule has 1 aliphatic heterocycles. The quantitative estimate of drug-likeness (QED) is 0.495. The van der Waals surface area contributed by atoms with Crippen LogP contribution >= 0.6 is 0 Å². The molecule has 0 atom stereocenters. The predicted molar refractivity (Wildman–Crippen MR) is 146 cm³/mol. The van der Waals surface area contributed by atoms with Crippen molar-refractivity contribution in [3.8, 4) is 16.9 Å². The molecule has 3 aromatic rings. The lowest BCUT2D eigenvalue weighted by atomic mass is 10.1. The highest BCUT2D eigenvalue weighted by atomic mass is 16.6. The Hall–Kier alpha value is -3.57. The van der Waals surface area contributed by atoms with Gasteiger partial charge in [-0.1, -0.05) is 6.07 Å². The number of hydrogen-bond donors (Lipinski definition) is 2. The molecule has 3 N–H and O–H groups in total. The second-order valence-corrected chi connectivity index (χ2v) is 10.5. The van der Waals surface area contributed by atoms with E-state index in [4.69, 9.17) is 15.2 Å². The summed E-state index contributed by atoms with van der Waals surface area (Å²) in [6.45, 7) is 11.3. The van der Waals surface area contributed by atoms with Gasteiger partial charge in [0.15, 0.2) is 5.82 Å². The number of nitrogen functional groups attached to an aromatic ring is 1. The van der Waals surface area contributed by atoms with E-state index in [0.29, 0.717) is 17.3 Å². The van der Waals surface area contributed by atoms with Crippen molar-refractivity contribution in [2.24, 2.45) is 0 Å². The van der Waals surface area contributed by atoms with Crippen molar-refractivity contribution in [3.05, 3.63) is 30.6 Å². The summed E-state index contributed by atoms with van der Waals surface area (Å²) < 4.78 is 12.8. The molecule has 0 aliphatic carbocycles. The van der Waals surface area contributed by atoms with Gasteiger partial charge in [-0.2, -0.15) is 5.10 Å². The van der Waals surface area contributed by atoms with Crippen molar-refractivity contribution in [2.75, 3.05) is 76.4 Å². The SMILES string of the molecule is COc1cc(-c2cc(N3CCN(CCN(C)C)CC3)n3ncnc(N)c23)ccc1NC(=O)OC(C)(C)C. The fourth-order valence-corrected chi connectivity index (χ4v) is 4.41. The van der Waals surface area contributed by atoms with E-state index in [0.717, 1.165) is 61.7 Å². The van der Waals surface area contributed by atoms with Crippen LogP contribution in [0.25, 0.3) is 16.6 Å². The zero-order valence-electron chi connectivity index (χ0n) is 22.6. The molecular formula is C26H38N8O3. The second kappa shape index (κ2) is 10.8. The molecule has 1 aliphatic rings. The molecule has 0 saturated carbocycles. The summed E-state index contributed by atoms with van der Waals surface area (Å²) in [6.07, 6.45) is 0.940. The topological polar surface area (TPSA) is 113 Å². The van der Waals surface area contributed by atoms with Crippen LogP contribution in [0.5, 0.6) is 5.75 Å². The lowest BCUT2D eigenvalue weighted by Crippen LogP contribution is -2.48. The lowest BCUT2D eigenvalue weighted by Gasteiger charge is -2.35. The number of nitrogens with zero attached hydrogens (tertiary/aromatic N) is 6. The first kappa shape index (κ1) is 26.5. The number of benzene rings is 1. The van der Waals surface area contributed by atoms with Gasteiger partial charge in [-0.05, 0) is 58.6 Å². The molecule has 0 radical (unpaired) electrons. The Morgan fingerprint density at radius 1 is 1.16 bits per heavy atom. The number of piperazine rings is 1. The summed E-state index contributed by atoms with van der Waals surface area (Å²) in [4.78, 5) is 23.6. The summed E-state index contributed by atoms with van der Waals surface area (Å²) >= 11 is 0. The normalized spacial score (nSPS) is 14.8. The van der Waals surface area contributed by atoms with Gasteiger partial charge in [0.1, 0.15) is 29.0 Å². The molecular weight excluding hydrogens is 472 g/mol. The molecule has 3 heterocycles. The van der Waals surface area contributed by atoms with Gasteiger partial charge in [0.25, 0.3) is 0 Å². The van der Waals surface area contributed by atoms with Gasteiger partial charge in [0, 0.05) is 44.8 Å². The smallest absolute Gasteiger partial charge is 0.412 e. The Labute approximate surface area is 218 Å². The monoisotopic (exact) mass is 510 g/mol. The highest BCUT2D eigenvalue weighted by molar-refractivity contribution is 5.93. The maximum atomic E-state index is 12.3. The molecule has 0 spiro atoms. The molecule has 11 nitrogen and oxygen atoms in total. The zero-order chi connectivity index (χ0) is 26.7. The number of nitrogens with two attached hydrogens (primary N) is 1. The van der Waals surface area contributed by atoms with Gasteiger partial charge in [-0.3, -0.25) is 10.2 Å². The van der Waals surface area contributed by atoms with Gasteiger partial charge in [-0.15, -0.1) is 0 Å².